The van der Waals surface area contributed by atoms with Gasteiger partial charge in [-0.3, -0.25) is 15.0 Å². The molecule has 1 aliphatic rings. The van der Waals surface area contributed by atoms with Crippen molar-refractivity contribution >= 4 is 17.5 Å². The summed E-state index contributed by atoms with van der Waals surface area (Å²) in [7, 11) is 2.00. The summed E-state index contributed by atoms with van der Waals surface area (Å²) in [5.74, 6) is -2.03. The normalized spacial score (nSPS) is 15.0. The second-order valence-electron chi connectivity index (χ2n) is 4.78. The molecule has 1 aromatic carbocycles. The molecule has 0 radical (unpaired) electrons. The number of hydrogen-bond acceptors (Lipinski definition) is 4. The molecule has 0 saturated heterocycles. The highest BCUT2D eigenvalue weighted by molar-refractivity contribution is 6.39. The van der Waals surface area contributed by atoms with E-state index in [-0.39, 0.29) is 0 Å². The van der Waals surface area contributed by atoms with Crippen molar-refractivity contribution in [3.8, 4) is 0 Å². The summed E-state index contributed by atoms with van der Waals surface area (Å²) in [6.07, 6.45) is 2.72. The lowest BCUT2D eigenvalue weighted by molar-refractivity contribution is -0.136. The van der Waals surface area contributed by atoms with Gasteiger partial charge in [-0.1, -0.05) is 0 Å². The fraction of sp³-hybridized carbons (Fsp3) is 0.286. The monoisotopic (exact) mass is 292 g/mol. The van der Waals surface area contributed by atoms with Crippen LogP contribution in [0.15, 0.2) is 36.0 Å². The number of hydrogen-bond donors (Lipinski definition) is 3. The van der Waals surface area contributed by atoms with Crippen molar-refractivity contribution in [3.63, 3.8) is 0 Å². The first-order valence-corrected chi connectivity index (χ1v) is 6.55. The number of nitrogens with zero attached hydrogens (tertiary/aromatic N) is 1. The number of amides is 2. The van der Waals surface area contributed by atoms with Gasteiger partial charge in [-0.05, 0) is 37.4 Å². The molecule has 1 aliphatic heterocycles. The fourth-order valence-corrected chi connectivity index (χ4v) is 1.80. The number of hydrazine groups is 1. The van der Waals surface area contributed by atoms with Gasteiger partial charge in [0.1, 0.15) is 5.82 Å². The predicted molar refractivity (Wildman–Crippen MR) is 76.5 cm³/mol. The maximum Gasteiger partial charge on any atom is 0.327 e. The van der Waals surface area contributed by atoms with Gasteiger partial charge in [0.05, 0.1) is 0 Å². The molecule has 6 nitrogen and oxygen atoms in total. The summed E-state index contributed by atoms with van der Waals surface area (Å²) in [5.41, 5.74) is 6.30. The maximum absolute atomic E-state index is 12.7. The molecule has 1 aromatic rings. The number of rotatable bonds is 3. The Balaban J connectivity index is 1.80. The van der Waals surface area contributed by atoms with Crippen LogP contribution in [-0.2, 0) is 9.59 Å². The van der Waals surface area contributed by atoms with Crippen LogP contribution in [0.25, 0.3) is 0 Å². The zero-order valence-electron chi connectivity index (χ0n) is 11.6. The van der Waals surface area contributed by atoms with Crippen LogP contribution in [0, 0.1) is 5.82 Å². The van der Waals surface area contributed by atoms with E-state index in [1.807, 2.05) is 13.1 Å². The second-order valence-corrected chi connectivity index (χ2v) is 4.78. The van der Waals surface area contributed by atoms with Crippen molar-refractivity contribution < 1.29 is 14.0 Å². The van der Waals surface area contributed by atoms with Crippen molar-refractivity contribution in [2.24, 2.45) is 0 Å². The molecule has 2 rings (SSSR count). The molecule has 0 atom stereocenters. The van der Waals surface area contributed by atoms with Crippen molar-refractivity contribution in [1.82, 2.24) is 15.8 Å². The van der Waals surface area contributed by atoms with Crippen LogP contribution in [0.3, 0.4) is 0 Å². The Hall–Kier alpha value is -2.41. The average Bonchev–Trinajstić information content (AvgIpc) is 2.48. The molecule has 0 bridgehead atoms. The van der Waals surface area contributed by atoms with Crippen LogP contribution in [0.5, 0.6) is 0 Å². The average molecular weight is 292 g/mol. The lowest BCUT2D eigenvalue weighted by Crippen LogP contribution is -2.44. The van der Waals surface area contributed by atoms with E-state index in [4.69, 9.17) is 0 Å². The van der Waals surface area contributed by atoms with Gasteiger partial charge in [-0.15, -0.1) is 0 Å². The molecule has 7 heteroatoms. The standard InChI is InChI=1S/C14H17FN4O2/c1-19-8-6-12(7-9-19)17-18-14(21)13(20)16-11-4-2-10(15)3-5-11/h2-6,17H,7-9H2,1H3,(H,16,20)(H,18,21). The van der Waals surface area contributed by atoms with Gasteiger partial charge in [0.2, 0.25) is 0 Å². The summed E-state index contributed by atoms with van der Waals surface area (Å²) in [6.45, 7) is 1.68. The third-order valence-electron chi connectivity index (χ3n) is 3.06. The molecule has 0 saturated carbocycles. The molecule has 0 unspecified atom stereocenters. The molecule has 0 aliphatic carbocycles. The number of likely N-dealkylation sites (N-methyl/N-ethyl adjacent to an activating group) is 1. The first kappa shape index (κ1) is 15.0. The van der Waals surface area contributed by atoms with Gasteiger partial charge < -0.3 is 15.6 Å². The molecule has 0 fully saturated rings. The lowest BCUT2D eigenvalue weighted by Gasteiger charge is -2.22. The van der Waals surface area contributed by atoms with Crippen LogP contribution < -0.4 is 16.2 Å². The Morgan fingerprint density at radius 2 is 1.90 bits per heavy atom. The highest BCUT2D eigenvalue weighted by atomic mass is 19.1. The van der Waals surface area contributed by atoms with Crippen LogP contribution in [0.1, 0.15) is 6.42 Å². The Kier molecular flexibility index (Phi) is 4.89. The summed E-state index contributed by atoms with van der Waals surface area (Å²) in [6, 6.07) is 5.17. The van der Waals surface area contributed by atoms with Crippen LogP contribution >= 0.6 is 0 Å². The molecule has 21 heavy (non-hydrogen) atoms. The van der Waals surface area contributed by atoms with Gasteiger partial charge in [0, 0.05) is 30.9 Å². The third-order valence-corrected chi connectivity index (χ3v) is 3.06. The Bertz CT molecular complexity index is 557. The highest BCUT2D eigenvalue weighted by Crippen LogP contribution is 2.08. The lowest BCUT2D eigenvalue weighted by atomic mass is 10.2. The first-order valence-electron chi connectivity index (χ1n) is 6.55. The minimum Gasteiger partial charge on any atom is -0.318 e. The van der Waals surface area contributed by atoms with Crippen molar-refractivity contribution in [2.75, 3.05) is 25.5 Å². The van der Waals surface area contributed by atoms with Gasteiger partial charge >= 0.3 is 11.8 Å². The summed E-state index contributed by atoms with van der Waals surface area (Å²) >= 11 is 0. The number of benzene rings is 1. The molecule has 0 aromatic heterocycles. The van der Waals surface area contributed by atoms with Gasteiger partial charge in [-0.25, -0.2) is 4.39 Å². The maximum atomic E-state index is 12.7. The Morgan fingerprint density at radius 1 is 1.19 bits per heavy atom. The van der Waals surface area contributed by atoms with E-state index in [1.54, 1.807) is 0 Å². The van der Waals surface area contributed by atoms with Gasteiger partial charge in [0.15, 0.2) is 0 Å². The quantitative estimate of drug-likeness (QED) is 0.563. The molecule has 0 spiro atoms. The van der Waals surface area contributed by atoms with Crippen LogP contribution in [0.4, 0.5) is 10.1 Å². The van der Waals surface area contributed by atoms with Crippen LogP contribution in [-0.4, -0.2) is 36.9 Å². The minimum atomic E-state index is -0.817. The van der Waals surface area contributed by atoms with E-state index in [9.17, 15) is 14.0 Å². The van der Waals surface area contributed by atoms with Gasteiger partial charge in [0.25, 0.3) is 0 Å². The number of halogens is 1. The van der Waals surface area contributed by atoms with Crippen LogP contribution in [0.2, 0.25) is 0 Å². The zero-order chi connectivity index (χ0) is 15.2. The van der Waals surface area contributed by atoms with E-state index >= 15 is 0 Å². The van der Waals surface area contributed by atoms with Crippen molar-refractivity contribution in [3.05, 3.63) is 41.9 Å². The molecule has 2 amide bonds. The Labute approximate surface area is 122 Å². The van der Waals surface area contributed by atoms with Gasteiger partial charge in [-0.2, -0.15) is 0 Å². The second kappa shape index (κ2) is 6.85. The van der Waals surface area contributed by atoms with E-state index in [0.29, 0.717) is 5.69 Å². The third kappa shape index (κ3) is 4.57. The van der Waals surface area contributed by atoms with E-state index in [2.05, 4.69) is 21.1 Å². The van der Waals surface area contributed by atoms with E-state index in [1.165, 1.54) is 24.3 Å². The Morgan fingerprint density at radius 3 is 2.52 bits per heavy atom. The zero-order valence-corrected chi connectivity index (χ0v) is 11.6. The SMILES string of the molecule is CN1CC=C(NNC(=O)C(=O)Nc2ccc(F)cc2)CC1. The van der Waals surface area contributed by atoms with E-state index < -0.39 is 17.6 Å². The minimum absolute atomic E-state index is 0.357. The predicted octanol–water partition coefficient (Wildman–Crippen LogP) is 0.604. The molecule has 3 N–H and O–H groups in total. The number of nitrogens with one attached hydrogen (secondary N) is 3. The molecule has 112 valence electrons. The summed E-state index contributed by atoms with van der Waals surface area (Å²) in [4.78, 5) is 25.4. The highest BCUT2D eigenvalue weighted by Gasteiger charge is 2.14. The number of carbonyl (C=O) groups excluding carboxylic acids is 2. The van der Waals surface area contributed by atoms with Crippen molar-refractivity contribution in [1.29, 1.82) is 0 Å². The smallest absolute Gasteiger partial charge is 0.318 e. The topological polar surface area (TPSA) is 73.5 Å². The first-order chi connectivity index (χ1) is 10.0. The fourth-order valence-electron chi connectivity index (χ4n) is 1.80. The molecule has 1 heterocycles. The largest absolute Gasteiger partial charge is 0.327 e. The summed E-state index contributed by atoms with van der Waals surface area (Å²) < 4.78 is 12.7. The number of anilines is 1. The number of carbonyl (C=O) groups is 2. The van der Waals surface area contributed by atoms with Crippen molar-refractivity contribution in [2.45, 2.75) is 6.42 Å². The summed E-state index contributed by atoms with van der Waals surface area (Å²) in [5, 5.41) is 2.38. The molecular formula is C14H17FN4O2. The van der Waals surface area contributed by atoms with E-state index in [0.717, 1.165) is 25.2 Å². The molecular weight excluding hydrogens is 275 g/mol.